The minimum absolute atomic E-state index is 0.0656. The van der Waals surface area contributed by atoms with Gasteiger partial charge in [0.25, 0.3) is 5.56 Å². The van der Waals surface area contributed by atoms with Gasteiger partial charge >= 0.3 is 6.18 Å². The maximum absolute atomic E-state index is 12.9. The Hall–Kier alpha value is -2.64. The fraction of sp³-hybridized carbons (Fsp3) is 0.0833. The maximum Gasteiger partial charge on any atom is 0.418 e. The van der Waals surface area contributed by atoms with Gasteiger partial charge in [0.15, 0.2) is 0 Å². The van der Waals surface area contributed by atoms with Gasteiger partial charge in [0.05, 0.1) is 16.5 Å². The van der Waals surface area contributed by atoms with Crippen LogP contribution < -0.4 is 5.56 Å². The van der Waals surface area contributed by atoms with Gasteiger partial charge in [-0.3, -0.25) is 9.78 Å². The molecule has 1 N–H and O–H groups in total. The predicted molar refractivity (Wildman–Crippen MR) is 64.5 cm³/mol. The third kappa shape index (κ3) is 1.94. The molecule has 1 aromatic carbocycles. The van der Waals surface area contributed by atoms with E-state index in [1.807, 2.05) is 0 Å². The van der Waals surface area contributed by atoms with Crippen LogP contribution in [-0.2, 0) is 6.18 Å². The molecule has 0 radical (unpaired) electrons. The Morgan fingerprint density at radius 1 is 1.20 bits per heavy atom. The van der Waals surface area contributed by atoms with Crippen molar-refractivity contribution in [1.82, 2.24) is 19.7 Å². The van der Waals surface area contributed by atoms with Gasteiger partial charge in [-0.2, -0.15) is 18.3 Å². The number of hydrogen-bond acceptors (Lipinski definition) is 3. The summed E-state index contributed by atoms with van der Waals surface area (Å²) in [5.41, 5.74) is -1.99. The molecule has 0 saturated carbocycles. The molecule has 2 aromatic heterocycles. The van der Waals surface area contributed by atoms with E-state index in [1.54, 1.807) is 6.07 Å². The van der Waals surface area contributed by atoms with E-state index in [0.717, 1.165) is 6.07 Å². The van der Waals surface area contributed by atoms with Gasteiger partial charge in [0, 0.05) is 12.4 Å². The number of para-hydroxylation sites is 1. The summed E-state index contributed by atoms with van der Waals surface area (Å²) in [5, 5.41) is 3.71. The van der Waals surface area contributed by atoms with Crippen LogP contribution in [0, 0.1) is 0 Å². The summed E-state index contributed by atoms with van der Waals surface area (Å²) in [6.45, 7) is 0. The van der Waals surface area contributed by atoms with Crippen molar-refractivity contribution >= 4 is 10.9 Å². The summed E-state index contributed by atoms with van der Waals surface area (Å²) in [6.07, 6.45) is -1.68. The first-order valence-electron chi connectivity index (χ1n) is 5.57. The van der Waals surface area contributed by atoms with Gasteiger partial charge in [-0.1, -0.05) is 6.07 Å². The lowest BCUT2D eigenvalue weighted by molar-refractivity contribution is -0.136. The zero-order valence-electron chi connectivity index (χ0n) is 9.85. The molecule has 0 spiro atoms. The number of nitrogens with zero attached hydrogens (tertiary/aromatic N) is 3. The number of aromatic nitrogens is 4. The number of aromatic amines is 1. The lowest BCUT2D eigenvalue weighted by Crippen LogP contribution is -2.16. The molecule has 0 unspecified atom stereocenters. The summed E-state index contributed by atoms with van der Waals surface area (Å²) in [4.78, 5) is 18.1. The van der Waals surface area contributed by atoms with E-state index < -0.39 is 22.8 Å². The normalized spacial score (nSPS) is 11.9. The highest BCUT2D eigenvalue weighted by molar-refractivity contribution is 5.81. The smallest absolute Gasteiger partial charge is 0.290 e. The van der Waals surface area contributed by atoms with E-state index in [2.05, 4.69) is 15.1 Å². The van der Waals surface area contributed by atoms with E-state index in [-0.39, 0.29) is 11.3 Å². The highest BCUT2D eigenvalue weighted by atomic mass is 19.4. The topological polar surface area (TPSA) is 63.6 Å². The molecule has 0 aliphatic carbocycles. The maximum atomic E-state index is 12.9. The highest BCUT2D eigenvalue weighted by Gasteiger charge is 2.33. The number of fused-ring (bicyclic) bond motifs is 1. The molecule has 0 aliphatic rings. The third-order valence-corrected chi connectivity index (χ3v) is 2.75. The average molecular weight is 280 g/mol. The minimum atomic E-state index is -4.58. The zero-order chi connectivity index (χ0) is 14.3. The molecule has 0 aliphatic heterocycles. The molecule has 0 atom stereocenters. The molecule has 20 heavy (non-hydrogen) atoms. The second-order valence-electron chi connectivity index (χ2n) is 4.04. The fourth-order valence-electron chi connectivity index (χ4n) is 1.88. The Balaban J connectivity index is 2.37. The van der Waals surface area contributed by atoms with Crippen molar-refractivity contribution in [3.05, 3.63) is 52.6 Å². The molecule has 8 heteroatoms. The van der Waals surface area contributed by atoms with Crippen molar-refractivity contribution in [3.8, 4) is 5.95 Å². The molecule has 0 fully saturated rings. The van der Waals surface area contributed by atoms with Gasteiger partial charge < -0.3 is 0 Å². The average Bonchev–Trinajstić information content (AvgIpc) is 2.90. The summed E-state index contributed by atoms with van der Waals surface area (Å²) >= 11 is 0. The van der Waals surface area contributed by atoms with Crippen molar-refractivity contribution in [2.45, 2.75) is 6.18 Å². The molecule has 0 amide bonds. The van der Waals surface area contributed by atoms with Crippen LogP contribution in [0.1, 0.15) is 5.56 Å². The lowest BCUT2D eigenvalue weighted by Gasteiger charge is -2.10. The number of halogens is 3. The first kappa shape index (κ1) is 12.4. The molecule has 102 valence electrons. The molecule has 3 aromatic rings. The van der Waals surface area contributed by atoms with E-state index >= 15 is 0 Å². The van der Waals surface area contributed by atoms with E-state index in [0.29, 0.717) is 0 Å². The lowest BCUT2D eigenvalue weighted by atomic mass is 10.1. The van der Waals surface area contributed by atoms with Crippen LogP contribution in [0.25, 0.3) is 16.9 Å². The van der Waals surface area contributed by atoms with Crippen LogP contribution in [0.3, 0.4) is 0 Å². The number of rotatable bonds is 1. The Labute approximate surface area is 109 Å². The van der Waals surface area contributed by atoms with Gasteiger partial charge in [0.1, 0.15) is 0 Å². The van der Waals surface area contributed by atoms with Crippen molar-refractivity contribution < 1.29 is 13.2 Å². The summed E-state index contributed by atoms with van der Waals surface area (Å²) in [6, 6.07) is 4.93. The summed E-state index contributed by atoms with van der Waals surface area (Å²) in [7, 11) is 0. The first-order chi connectivity index (χ1) is 9.47. The largest absolute Gasteiger partial charge is 0.418 e. The van der Waals surface area contributed by atoms with Crippen LogP contribution >= 0.6 is 0 Å². The Morgan fingerprint density at radius 3 is 2.65 bits per heavy atom. The van der Waals surface area contributed by atoms with Gasteiger partial charge in [-0.15, -0.1) is 0 Å². The van der Waals surface area contributed by atoms with Crippen LogP contribution in [0.4, 0.5) is 13.2 Å². The van der Waals surface area contributed by atoms with Gasteiger partial charge in [0.2, 0.25) is 5.95 Å². The molecular formula is C12H7F3N4O. The molecule has 2 heterocycles. The fourth-order valence-corrected chi connectivity index (χ4v) is 1.88. The SMILES string of the molecule is O=c1[nH]c(-n2cccn2)nc2c(C(F)(F)F)cccc12. The van der Waals surface area contributed by atoms with Crippen LogP contribution in [0.15, 0.2) is 41.5 Å². The van der Waals surface area contributed by atoms with Crippen LogP contribution in [0.5, 0.6) is 0 Å². The van der Waals surface area contributed by atoms with Crippen molar-refractivity contribution in [2.24, 2.45) is 0 Å². The van der Waals surface area contributed by atoms with E-state index in [9.17, 15) is 18.0 Å². The monoisotopic (exact) mass is 280 g/mol. The Kier molecular flexibility index (Phi) is 2.60. The number of H-pyrrole nitrogens is 1. The van der Waals surface area contributed by atoms with Crippen molar-refractivity contribution in [3.63, 3.8) is 0 Å². The summed E-state index contributed by atoms with van der Waals surface area (Å²) in [5.74, 6) is -0.0656. The number of alkyl halides is 3. The van der Waals surface area contributed by atoms with Crippen LogP contribution in [-0.4, -0.2) is 19.7 Å². The second-order valence-corrected chi connectivity index (χ2v) is 4.04. The standard InChI is InChI=1S/C12H7F3N4O/c13-12(14,15)8-4-1-3-7-9(8)17-11(18-10(7)20)19-6-2-5-16-19/h1-6H,(H,17,18,20). The number of benzene rings is 1. The molecule has 0 saturated heterocycles. The first-order valence-corrected chi connectivity index (χ1v) is 5.57. The number of hydrogen-bond donors (Lipinski definition) is 1. The van der Waals surface area contributed by atoms with E-state index in [1.165, 1.54) is 29.2 Å². The van der Waals surface area contributed by atoms with E-state index in [4.69, 9.17) is 0 Å². The molecule has 3 rings (SSSR count). The van der Waals surface area contributed by atoms with Crippen molar-refractivity contribution in [1.29, 1.82) is 0 Å². The second kappa shape index (κ2) is 4.19. The molecule has 5 nitrogen and oxygen atoms in total. The number of nitrogens with one attached hydrogen (secondary N) is 1. The highest BCUT2D eigenvalue weighted by Crippen LogP contribution is 2.32. The third-order valence-electron chi connectivity index (χ3n) is 2.75. The Bertz CT molecular complexity index is 821. The molecule has 0 bridgehead atoms. The predicted octanol–water partition coefficient (Wildman–Crippen LogP) is 2.13. The summed E-state index contributed by atoms with van der Waals surface area (Å²) < 4.78 is 40.0. The van der Waals surface area contributed by atoms with Gasteiger partial charge in [-0.25, -0.2) is 9.67 Å². The van der Waals surface area contributed by atoms with Crippen molar-refractivity contribution in [2.75, 3.05) is 0 Å². The van der Waals surface area contributed by atoms with Gasteiger partial charge in [-0.05, 0) is 18.2 Å². The zero-order valence-corrected chi connectivity index (χ0v) is 9.85. The van der Waals surface area contributed by atoms with Crippen LogP contribution in [0.2, 0.25) is 0 Å². The quantitative estimate of drug-likeness (QED) is 0.742. The Morgan fingerprint density at radius 2 is 2.00 bits per heavy atom. The minimum Gasteiger partial charge on any atom is -0.290 e. The molecular weight excluding hydrogens is 273 g/mol.